The molecule has 6 heteroatoms. The number of rotatable bonds is 6. The molecule has 0 spiro atoms. The molecule has 0 aliphatic carbocycles. The molecule has 1 atom stereocenters. The first-order valence-corrected chi connectivity index (χ1v) is 6.99. The lowest BCUT2D eigenvalue weighted by molar-refractivity contribution is -0.156. The maximum absolute atomic E-state index is 11.7. The van der Waals surface area contributed by atoms with Gasteiger partial charge in [0.05, 0.1) is 6.54 Å². The molecule has 1 amide bonds. The van der Waals surface area contributed by atoms with Gasteiger partial charge in [0.2, 0.25) is 0 Å². The summed E-state index contributed by atoms with van der Waals surface area (Å²) in [6.45, 7) is 6.61. The Balaban J connectivity index is 2.61. The summed E-state index contributed by atoms with van der Waals surface area (Å²) in [6.07, 6.45) is 0. The number of benzene rings is 1. The minimum Gasteiger partial charge on any atom is -0.483 e. The fourth-order valence-electron chi connectivity index (χ4n) is 1.75. The molecule has 22 heavy (non-hydrogen) atoms. The van der Waals surface area contributed by atoms with Gasteiger partial charge in [-0.3, -0.25) is 4.79 Å². The lowest BCUT2D eigenvalue weighted by Gasteiger charge is -2.23. The van der Waals surface area contributed by atoms with Crippen LogP contribution in [0.3, 0.4) is 0 Å². The van der Waals surface area contributed by atoms with Crippen molar-refractivity contribution in [3.8, 4) is 5.75 Å². The van der Waals surface area contributed by atoms with Crippen LogP contribution in [0.4, 0.5) is 0 Å². The second-order valence-corrected chi connectivity index (χ2v) is 6.39. The van der Waals surface area contributed by atoms with E-state index in [9.17, 15) is 14.7 Å². The molecule has 0 saturated heterocycles. The number of carbonyl (C=O) groups is 2. The molecule has 122 valence electrons. The SMILES string of the molecule is CC(O)(CNC(=O)COc1ccccc1C(C)(C)C)C(=O)O. The Kier molecular flexibility index (Phi) is 5.54. The molecular formula is C16H23NO5. The van der Waals surface area contributed by atoms with Crippen LogP contribution >= 0.6 is 0 Å². The first-order chi connectivity index (χ1) is 10.0. The highest BCUT2D eigenvalue weighted by atomic mass is 16.5. The van der Waals surface area contributed by atoms with Crippen LogP contribution in [0.5, 0.6) is 5.75 Å². The van der Waals surface area contributed by atoms with Gasteiger partial charge in [0.1, 0.15) is 5.75 Å². The second kappa shape index (κ2) is 6.79. The summed E-state index contributed by atoms with van der Waals surface area (Å²) >= 11 is 0. The first kappa shape index (κ1) is 18.0. The van der Waals surface area contributed by atoms with Crippen molar-refractivity contribution in [2.75, 3.05) is 13.2 Å². The molecule has 1 rings (SSSR count). The van der Waals surface area contributed by atoms with E-state index in [1.54, 1.807) is 6.07 Å². The van der Waals surface area contributed by atoms with Crippen LogP contribution in [0.25, 0.3) is 0 Å². The highest BCUT2D eigenvalue weighted by molar-refractivity contribution is 5.80. The van der Waals surface area contributed by atoms with E-state index in [1.165, 1.54) is 0 Å². The van der Waals surface area contributed by atoms with Gasteiger partial charge in [0.15, 0.2) is 12.2 Å². The predicted octanol–water partition coefficient (Wildman–Crippen LogP) is 1.31. The molecule has 1 unspecified atom stereocenters. The number of para-hydroxylation sites is 1. The third-order valence-electron chi connectivity index (χ3n) is 3.14. The van der Waals surface area contributed by atoms with Gasteiger partial charge in [-0.2, -0.15) is 0 Å². The van der Waals surface area contributed by atoms with Gasteiger partial charge in [-0.1, -0.05) is 39.0 Å². The minimum atomic E-state index is -2.00. The highest BCUT2D eigenvalue weighted by Gasteiger charge is 2.30. The van der Waals surface area contributed by atoms with Crippen molar-refractivity contribution in [2.24, 2.45) is 0 Å². The van der Waals surface area contributed by atoms with E-state index in [1.807, 2.05) is 39.0 Å². The molecule has 0 fully saturated rings. The van der Waals surface area contributed by atoms with Gasteiger partial charge in [-0.05, 0) is 24.0 Å². The maximum atomic E-state index is 11.7. The van der Waals surface area contributed by atoms with E-state index in [0.29, 0.717) is 5.75 Å². The van der Waals surface area contributed by atoms with E-state index in [2.05, 4.69) is 5.32 Å². The summed E-state index contributed by atoms with van der Waals surface area (Å²) in [7, 11) is 0. The van der Waals surface area contributed by atoms with Crippen molar-refractivity contribution in [3.05, 3.63) is 29.8 Å². The van der Waals surface area contributed by atoms with E-state index in [0.717, 1.165) is 12.5 Å². The van der Waals surface area contributed by atoms with E-state index >= 15 is 0 Å². The summed E-state index contributed by atoms with van der Waals surface area (Å²) in [5, 5.41) is 20.6. The quantitative estimate of drug-likeness (QED) is 0.736. The van der Waals surface area contributed by atoms with Crippen LogP contribution in [0.2, 0.25) is 0 Å². The van der Waals surface area contributed by atoms with Crippen molar-refractivity contribution >= 4 is 11.9 Å². The normalized spacial score (nSPS) is 14.0. The van der Waals surface area contributed by atoms with Crippen LogP contribution in [-0.4, -0.2) is 40.8 Å². The second-order valence-electron chi connectivity index (χ2n) is 6.39. The Morgan fingerprint density at radius 2 is 1.77 bits per heavy atom. The summed E-state index contributed by atoms with van der Waals surface area (Å²) in [6, 6.07) is 7.43. The van der Waals surface area contributed by atoms with Crippen LogP contribution in [0.15, 0.2) is 24.3 Å². The molecule has 0 radical (unpaired) electrons. The topological polar surface area (TPSA) is 95.9 Å². The molecule has 0 heterocycles. The van der Waals surface area contributed by atoms with Gasteiger partial charge in [-0.15, -0.1) is 0 Å². The largest absolute Gasteiger partial charge is 0.483 e. The van der Waals surface area contributed by atoms with Crippen LogP contribution in [0.1, 0.15) is 33.3 Å². The zero-order chi connectivity index (χ0) is 17.0. The van der Waals surface area contributed by atoms with Crippen molar-refractivity contribution in [2.45, 2.75) is 38.7 Å². The molecule has 0 aromatic heterocycles. The number of carboxylic acid groups (broad SMARTS) is 1. The highest BCUT2D eigenvalue weighted by Crippen LogP contribution is 2.30. The molecule has 3 N–H and O–H groups in total. The first-order valence-electron chi connectivity index (χ1n) is 6.99. The number of carbonyl (C=O) groups excluding carboxylic acids is 1. The average Bonchev–Trinajstić information content (AvgIpc) is 2.42. The summed E-state index contributed by atoms with van der Waals surface area (Å²) in [5.41, 5.74) is -1.15. The maximum Gasteiger partial charge on any atom is 0.337 e. The van der Waals surface area contributed by atoms with Crippen LogP contribution < -0.4 is 10.1 Å². The average molecular weight is 309 g/mol. The standard InChI is InChI=1S/C16H23NO5/c1-15(2,3)11-7-5-6-8-12(11)22-9-13(18)17-10-16(4,21)14(19)20/h5-8,21H,9-10H2,1-4H3,(H,17,18)(H,19,20). The summed E-state index contributed by atoms with van der Waals surface area (Å²) < 4.78 is 5.51. The Labute approximate surface area is 130 Å². The number of hydrogen-bond acceptors (Lipinski definition) is 4. The van der Waals surface area contributed by atoms with Gasteiger partial charge >= 0.3 is 5.97 Å². The summed E-state index contributed by atoms with van der Waals surface area (Å²) in [4.78, 5) is 22.4. The predicted molar refractivity (Wildman–Crippen MR) is 81.9 cm³/mol. The van der Waals surface area contributed by atoms with Crippen molar-refractivity contribution in [1.29, 1.82) is 0 Å². The smallest absolute Gasteiger partial charge is 0.337 e. The fourth-order valence-corrected chi connectivity index (χ4v) is 1.75. The number of amides is 1. The lowest BCUT2D eigenvalue weighted by Crippen LogP contribution is -2.47. The van der Waals surface area contributed by atoms with Crippen LogP contribution in [0, 0.1) is 0 Å². The van der Waals surface area contributed by atoms with Crippen LogP contribution in [-0.2, 0) is 15.0 Å². The van der Waals surface area contributed by atoms with Crippen molar-refractivity contribution < 1.29 is 24.5 Å². The van der Waals surface area contributed by atoms with Gasteiger partial charge in [0.25, 0.3) is 5.91 Å². The van der Waals surface area contributed by atoms with Gasteiger partial charge in [-0.25, -0.2) is 4.79 Å². The van der Waals surface area contributed by atoms with E-state index in [-0.39, 0.29) is 18.6 Å². The fraction of sp³-hybridized carbons (Fsp3) is 0.500. The third kappa shape index (κ3) is 5.04. The number of hydrogen-bond donors (Lipinski definition) is 3. The molecule has 0 saturated carbocycles. The van der Waals surface area contributed by atoms with Crippen molar-refractivity contribution in [3.63, 3.8) is 0 Å². The molecular weight excluding hydrogens is 286 g/mol. The zero-order valence-electron chi connectivity index (χ0n) is 13.3. The van der Waals surface area contributed by atoms with Gasteiger partial charge in [0, 0.05) is 0 Å². The number of aliphatic carboxylic acids is 1. The monoisotopic (exact) mass is 309 g/mol. The molecule has 1 aromatic carbocycles. The minimum absolute atomic E-state index is 0.125. The lowest BCUT2D eigenvalue weighted by atomic mass is 9.86. The third-order valence-corrected chi connectivity index (χ3v) is 3.14. The Morgan fingerprint density at radius 1 is 1.18 bits per heavy atom. The van der Waals surface area contributed by atoms with E-state index < -0.39 is 17.5 Å². The Bertz CT molecular complexity index is 546. The number of nitrogens with one attached hydrogen (secondary N) is 1. The Hall–Kier alpha value is -2.08. The zero-order valence-corrected chi connectivity index (χ0v) is 13.3. The molecule has 6 nitrogen and oxygen atoms in total. The van der Waals surface area contributed by atoms with E-state index in [4.69, 9.17) is 9.84 Å². The van der Waals surface area contributed by atoms with Gasteiger partial charge < -0.3 is 20.3 Å². The molecule has 0 aliphatic rings. The molecule has 0 aliphatic heterocycles. The number of carboxylic acids is 1. The molecule has 1 aromatic rings. The summed E-state index contributed by atoms with van der Waals surface area (Å²) in [5.74, 6) is -1.29. The molecule has 0 bridgehead atoms. The van der Waals surface area contributed by atoms with Crippen molar-refractivity contribution in [1.82, 2.24) is 5.32 Å². The number of aliphatic hydroxyl groups is 1. The Morgan fingerprint density at radius 3 is 2.32 bits per heavy atom. The number of ether oxygens (including phenoxy) is 1.